The van der Waals surface area contributed by atoms with Crippen LogP contribution >= 0.6 is 11.6 Å². The van der Waals surface area contributed by atoms with Gasteiger partial charge in [0.05, 0.1) is 5.69 Å². The molecule has 0 unspecified atom stereocenters. The molecule has 0 atom stereocenters. The predicted octanol–water partition coefficient (Wildman–Crippen LogP) is 4.74. The minimum absolute atomic E-state index is 0.265. The summed E-state index contributed by atoms with van der Waals surface area (Å²) in [7, 11) is 0. The summed E-state index contributed by atoms with van der Waals surface area (Å²) in [5.74, 6) is 0. The van der Waals surface area contributed by atoms with Crippen LogP contribution in [0.5, 0.6) is 0 Å². The number of nitrogens with zero attached hydrogens (tertiary/aromatic N) is 3. The number of aryl methyl sites for hydroxylation is 1. The number of fused-ring (bicyclic) bond motifs is 1. The third kappa shape index (κ3) is 4.66. The zero-order valence-electron chi connectivity index (χ0n) is 14.2. The second-order valence-electron chi connectivity index (χ2n) is 5.44. The average Bonchev–Trinajstić information content (AvgIpc) is 2.89. The normalized spacial score (nSPS) is 11.7. The quantitative estimate of drug-likeness (QED) is 0.356. The Morgan fingerprint density at radius 2 is 1.87 bits per heavy atom. The van der Waals surface area contributed by atoms with E-state index in [0.29, 0.717) is 13.2 Å². The van der Waals surface area contributed by atoms with E-state index in [0.717, 1.165) is 29.7 Å². The van der Waals surface area contributed by atoms with E-state index in [1.165, 1.54) is 19.3 Å². The Balaban J connectivity index is 2.35. The molecule has 6 heteroatoms. The van der Waals surface area contributed by atoms with Gasteiger partial charge in [-0.15, -0.1) is 0 Å². The first kappa shape index (κ1) is 18.2. The smallest absolute Gasteiger partial charge is 0.224 e. The van der Waals surface area contributed by atoms with E-state index in [1.807, 2.05) is 19.9 Å². The van der Waals surface area contributed by atoms with Crippen LogP contribution in [0.25, 0.3) is 11.0 Å². The fraction of sp³-hybridized carbons (Fsp3) is 0.647. The molecule has 23 heavy (non-hydrogen) atoms. The number of aromatic nitrogens is 3. The maximum absolute atomic E-state index is 5.99. The lowest BCUT2D eigenvalue weighted by Gasteiger charge is -2.19. The Bertz CT molecular complexity index is 609. The highest BCUT2D eigenvalue weighted by atomic mass is 35.5. The van der Waals surface area contributed by atoms with Crippen molar-refractivity contribution in [1.82, 2.24) is 14.5 Å². The summed E-state index contributed by atoms with van der Waals surface area (Å²) in [5, 5.41) is 1.23. The lowest BCUT2D eigenvalue weighted by molar-refractivity contribution is -0.144. The van der Waals surface area contributed by atoms with Gasteiger partial charge in [0.1, 0.15) is 5.65 Å². The summed E-state index contributed by atoms with van der Waals surface area (Å²) in [6.45, 7) is 8.21. The number of ether oxygens (including phenoxy) is 2. The van der Waals surface area contributed by atoms with Crippen LogP contribution in [-0.2, 0) is 16.0 Å². The van der Waals surface area contributed by atoms with Crippen molar-refractivity contribution in [3.8, 4) is 0 Å². The van der Waals surface area contributed by atoms with Gasteiger partial charge in [-0.25, -0.2) is 4.98 Å². The molecular weight excluding hydrogens is 314 g/mol. The van der Waals surface area contributed by atoms with Gasteiger partial charge in [-0.05, 0) is 37.9 Å². The molecule has 0 aliphatic rings. The second-order valence-corrected chi connectivity index (χ2v) is 5.78. The van der Waals surface area contributed by atoms with E-state index >= 15 is 0 Å². The fourth-order valence-electron chi connectivity index (χ4n) is 2.69. The first-order chi connectivity index (χ1) is 11.2. The molecule has 0 bridgehead atoms. The predicted molar refractivity (Wildman–Crippen MR) is 92.7 cm³/mol. The number of rotatable bonds is 10. The van der Waals surface area contributed by atoms with Gasteiger partial charge >= 0.3 is 0 Å². The SMILES string of the molecule is CCCCCCn1c(C(OCC)OCC)cc2cnc(Cl)nc21. The van der Waals surface area contributed by atoms with Crippen molar-refractivity contribution < 1.29 is 9.47 Å². The van der Waals surface area contributed by atoms with E-state index in [1.54, 1.807) is 6.20 Å². The van der Waals surface area contributed by atoms with Crippen molar-refractivity contribution in [2.45, 2.75) is 59.3 Å². The first-order valence-corrected chi connectivity index (χ1v) is 8.83. The average molecular weight is 340 g/mol. The van der Waals surface area contributed by atoms with Gasteiger partial charge in [-0.2, -0.15) is 4.98 Å². The van der Waals surface area contributed by atoms with Crippen molar-refractivity contribution >= 4 is 22.6 Å². The number of hydrogen-bond donors (Lipinski definition) is 0. The van der Waals surface area contributed by atoms with Gasteiger partial charge < -0.3 is 14.0 Å². The van der Waals surface area contributed by atoms with Crippen molar-refractivity contribution in [2.75, 3.05) is 13.2 Å². The Morgan fingerprint density at radius 1 is 1.13 bits per heavy atom. The van der Waals surface area contributed by atoms with Crippen LogP contribution in [0.2, 0.25) is 5.28 Å². The van der Waals surface area contributed by atoms with Gasteiger partial charge in [-0.3, -0.25) is 0 Å². The molecule has 0 saturated heterocycles. The molecule has 5 nitrogen and oxygen atoms in total. The molecule has 2 heterocycles. The lowest BCUT2D eigenvalue weighted by atomic mass is 10.2. The standard InChI is InChI=1S/C17H26ClN3O2/c1-4-7-8-9-10-21-14(16(22-5-2)23-6-3)11-13-12-19-17(18)20-15(13)21/h11-12,16H,4-10H2,1-3H3. The molecule has 0 aromatic carbocycles. The largest absolute Gasteiger partial charge is 0.347 e. The van der Waals surface area contributed by atoms with Crippen LogP contribution in [0, 0.1) is 0 Å². The zero-order chi connectivity index (χ0) is 16.7. The molecule has 0 amide bonds. The van der Waals surface area contributed by atoms with Crippen molar-refractivity contribution in [3.05, 3.63) is 23.2 Å². The monoisotopic (exact) mass is 339 g/mol. The molecule has 0 N–H and O–H groups in total. The van der Waals surface area contributed by atoms with Crippen molar-refractivity contribution in [3.63, 3.8) is 0 Å². The van der Waals surface area contributed by atoms with Crippen LogP contribution in [0.15, 0.2) is 12.3 Å². The number of hydrogen-bond acceptors (Lipinski definition) is 4. The molecule has 128 valence electrons. The molecule has 0 spiro atoms. The van der Waals surface area contributed by atoms with Crippen LogP contribution in [0.3, 0.4) is 0 Å². The molecule has 2 aromatic heterocycles. The van der Waals surface area contributed by atoms with Gasteiger partial charge in [-0.1, -0.05) is 26.2 Å². The van der Waals surface area contributed by atoms with Crippen LogP contribution in [-0.4, -0.2) is 27.7 Å². The molecule has 2 aromatic rings. The third-order valence-corrected chi connectivity index (χ3v) is 3.93. The highest BCUT2D eigenvalue weighted by Gasteiger charge is 2.20. The van der Waals surface area contributed by atoms with Gasteiger partial charge in [0.25, 0.3) is 0 Å². The van der Waals surface area contributed by atoms with Crippen molar-refractivity contribution in [2.24, 2.45) is 0 Å². The molecule has 0 fully saturated rings. The zero-order valence-corrected chi connectivity index (χ0v) is 15.0. The summed E-state index contributed by atoms with van der Waals surface area (Å²) >= 11 is 5.99. The van der Waals surface area contributed by atoms with Crippen LogP contribution in [0.1, 0.15) is 58.4 Å². The maximum Gasteiger partial charge on any atom is 0.224 e. The van der Waals surface area contributed by atoms with Gasteiger partial charge in [0, 0.05) is 31.3 Å². The molecule has 0 saturated carbocycles. The summed E-state index contributed by atoms with van der Waals surface area (Å²) in [4.78, 5) is 8.49. The van der Waals surface area contributed by atoms with E-state index in [9.17, 15) is 0 Å². The fourth-order valence-corrected chi connectivity index (χ4v) is 2.82. The lowest BCUT2D eigenvalue weighted by Crippen LogP contribution is -2.14. The Hall–Kier alpha value is -1.17. The Morgan fingerprint density at radius 3 is 2.52 bits per heavy atom. The van der Waals surface area contributed by atoms with E-state index < -0.39 is 0 Å². The Kier molecular flexibility index (Phi) is 7.27. The topological polar surface area (TPSA) is 49.2 Å². The van der Waals surface area contributed by atoms with Crippen molar-refractivity contribution in [1.29, 1.82) is 0 Å². The van der Waals surface area contributed by atoms with Gasteiger partial charge in [0.15, 0.2) is 6.29 Å². The molecule has 0 aliphatic carbocycles. The molecule has 0 radical (unpaired) electrons. The van der Waals surface area contributed by atoms with E-state index in [-0.39, 0.29) is 11.6 Å². The minimum atomic E-state index is -0.385. The number of unbranched alkanes of at least 4 members (excludes halogenated alkanes) is 3. The highest BCUT2D eigenvalue weighted by molar-refractivity contribution is 6.28. The van der Waals surface area contributed by atoms with Crippen LogP contribution in [0.4, 0.5) is 0 Å². The van der Waals surface area contributed by atoms with Crippen LogP contribution < -0.4 is 0 Å². The summed E-state index contributed by atoms with van der Waals surface area (Å²) in [6, 6.07) is 2.04. The first-order valence-electron chi connectivity index (χ1n) is 8.46. The summed E-state index contributed by atoms with van der Waals surface area (Å²) < 4.78 is 13.7. The summed E-state index contributed by atoms with van der Waals surface area (Å²) in [5.41, 5.74) is 1.83. The maximum atomic E-state index is 5.99. The molecule has 0 aliphatic heterocycles. The van der Waals surface area contributed by atoms with E-state index in [2.05, 4.69) is 21.5 Å². The summed E-state index contributed by atoms with van der Waals surface area (Å²) in [6.07, 6.45) is 6.12. The number of halogens is 1. The minimum Gasteiger partial charge on any atom is -0.347 e. The second kappa shape index (κ2) is 9.21. The Labute approximate surface area is 143 Å². The third-order valence-electron chi connectivity index (χ3n) is 3.75. The highest BCUT2D eigenvalue weighted by Crippen LogP contribution is 2.27. The molecular formula is C17H26ClN3O2. The van der Waals surface area contributed by atoms with Gasteiger partial charge in [0.2, 0.25) is 5.28 Å². The van der Waals surface area contributed by atoms with E-state index in [4.69, 9.17) is 21.1 Å². The molecule has 2 rings (SSSR count).